The third-order valence-electron chi connectivity index (χ3n) is 1.06. The summed E-state index contributed by atoms with van der Waals surface area (Å²) >= 11 is 0. The maximum absolute atomic E-state index is 11.4. The first-order valence-corrected chi connectivity index (χ1v) is 3.38. The van der Waals surface area contributed by atoms with Gasteiger partial charge >= 0.3 is 0 Å². The van der Waals surface area contributed by atoms with Crippen LogP contribution in [0.5, 0.6) is 0 Å². The molecule has 0 bridgehead atoms. The Kier molecular flexibility index (Phi) is 7.72. The van der Waals surface area contributed by atoms with Gasteiger partial charge in [0.15, 0.2) is 0 Å². The Morgan fingerprint density at radius 1 is 1.22 bits per heavy atom. The number of unbranched alkanes of at least 4 members (excludes halogenated alkanes) is 1. The number of hydrogen-bond donors (Lipinski definition) is 2. The van der Waals surface area contributed by atoms with E-state index < -0.39 is 0 Å². The van der Waals surface area contributed by atoms with Crippen LogP contribution in [0.25, 0.3) is 0 Å². The first kappa shape index (κ1) is 8.85. The summed E-state index contributed by atoms with van der Waals surface area (Å²) in [6.07, 6.45) is 1.58. The SMILES string of the molecule is NCCNCCCCF. The molecule has 0 aliphatic heterocycles. The fourth-order valence-electron chi connectivity index (χ4n) is 0.572. The van der Waals surface area contributed by atoms with Crippen molar-refractivity contribution in [3.8, 4) is 0 Å². The van der Waals surface area contributed by atoms with Crippen LogP contribution in [0.3, 0.4) is 0 Å². The van der Waals surface area contributed by atoms with E-state index >= 15 is 0 Å². The van der Waals surface area contributed by atoms with Gasteiger partial charge in [-0.3, -0.25) is 4.39 Å². The molecular weight excluding hydrogens is 119 g/mol. The zero-order valence-electron chi connectivity index (χ0n) is 5.70. The minimum atomic E-state index is -0.204. The summed E-state index contributed by atoms with van der Waals surface area (Å²) in [6, 6.07) is 0. The molecule has 2 nitrogen and oxygen atoms in total. The first-order valence-electron chi connectivity index (χ1n) is 3.38. The Morgan fingerprint density at radius 3 is 2.56 bits per heavy atom. The van der Waals surface area contributed by atoms with E-state index in [2.05, 4.69) is 5.32 Å². The summed E-state index contributed by atoms with van der Waals surface area (Å²) in [4.78, 5) is 0. The van der Waals surface area contributed by atoms with Crippen LogP contribution in [0.4, 0.5) is 4.39 Å². The van der Waals surface area contributed by atoms with E-state index in [0.717, 1.165) is 19.5 Å². The largest absolute Gasteiger partial charge is 0.329 e. The van der Waals surface area contributed by atoms with Gasteiger partial charge in [-0.25, -0.2) is 0 Å². The highest BCUT2D eigenvalue weighted by Crippen LogP contribution is 1.85. The van der Waals surface area contributed by atoms with E-state index in [4.69, 9.17) is 5.73 Å². The minimum Gasteiger partial charge on any atom is -0.329 e. The van der Waals surface area contributed by atoms with Crippen LogP contribution in [0.2, 0.25) is 0 Å². The summed E-state index contributed by atoms with van der Waals surface area (Å²) in [5.41, 5.74) is 5.21. The van der Waals surface area contributed by atoms with Crippen LogP contribution in [-0.4, -0.2) is 26.3 Å². The highest BCUT2D eigenvalue weighted by atomic mass is 19.1. The highest BCUT2D eigenvalue weighted by Gasteiger charge is 1.85. The predicted molar refractivity (Wildman–Crippen MR) is 37.1 cm³/mol. The zero-order valence-corrected chi connectivity index (χ0v) is 5.70. The zero-order chi connectivity index (χ0) is 6.95. The molecule has 0 amide bonds. The molecule has 0 fully saturated rings. The molecule has 0 radical (unpaired) electrons. The van der Waals surface area contributed by atoms with Crippen molar-refractivity contribution in [1.82, 2.24) is 5.32 Å². The maximum atomic E-state index is 11.4. The highest BCUT2D eigenvalue weighted by molar-refractivity contribution is 4.47. The van der Waals surface area contributed by atoms with Crippen molar-refractivity contribution in [1.29, 1.82) is 0 Å². The van der Waals surface area contributed by atoms with E-state index in [1.807, 2.05) is 0 Å². The number of halogens is 1. The molecule has 0 aliphatic carbocycles. The van der Waals surface area contributed by atoms with Crippen LogP contribution in [0.15, 0.2) is 0 Å². The van der Waals surface area contributed by atoms with Gasteiger partial charge in [-0.05, 0) is 19.4 Å². The molecule has 9 heavy (non-hydrogen) atoms. The molecule has 0 saturated carbocycles. The van der Waals surface area contributed by atoms with Crippen LogP contribution < -0.4 is 11.1 Å². The Morgan fingerprint density at radius 2 is 2.00 bits per heavy atom. The standard InChI is InChI=1S/C6H15FN2/c7-3-1-2-5-9-6-4-8/h9H,1-6,8H2. The molecule has 0 heterocycles. The molecule has 0 atom stereocenters. The van der Waals surface area contributed by atoms with Crippen molar-refractivity contribution in [2.45, 2.75) is 12.8 Å². The number of nitrogens with one attached hydrogen (secondary N) is 1. The lowest BCUT2D eigenvalue weighted by molar-refractivity contribution is 0.455. The molecule has 0 unspecified atom stereocenters. The second-order valence-corrected chi connectivity index (χ2v) is 1.93. The van der Waals surface area contributed by atoms with Gasteiger partial charge in [-0.2, -0.15) is 0 Å². The second kappa shape index (κ2) is 7.85. The molecule has 0 spiro atoms. The lowest BCUT2D eigenvalue weighted by atomic mass is 10.3. The van der Waals surface area contributed by atoms with Gasteiger partial charge in [-0.15, -0.1) is 0 Å². The lowest BCUT2D eigenvalue weighted by Gasteiger charge is -1.98. The van der Waals surface area contributed by atoms with Crippen LogP contribution in [-0.2, 0) is 0 Å². The number of hydrogen-bond acceptors (Lipinski definition) is 2. The average Bonchev–Trinajstić information content (AvgIpc) is 1.89. The molecule has 3 heteroatoms. The molecule has 56 valence electrons. The average molecular weight is 134 g/mol. The number of nitrogens with two attached hydrogens (primary N) is 1. The predicted octanol–water partition coefficient (Wildman–Crippen LogP) is 0.284. The minimum absolute atomic E-state index is 0.204. The summed E-state index contributed by atoms with van der Waals surface area (Å²) in [5.74, 6) is 0. The summed E-state index contributed by atoms with van der Waals surface area (Å²) in [6.45, 7) is 2.19. The Bertz CT molecular complexity index is 44.3. The van der Waals surface area contributed by atoms with Crippen molar-refractivity contribution < 1.29 is 4.39 Å². The van der Waals surface area contributed by atoms with Crippen molar-refractivity contribution in [2.24, 2.45) is 5.73 Å². The van der Waals surface area contributed by atoms with Gasteiger partial charge < -0.3 is 11.1 Å². The summed E-state index contributed by atoms with van der Waals surface area (Å²) < 4.78 is 11.4. The molecule has 0 rings (SSSR count). The monoisotopic (exact) mass is 134 g/mol. The van der Waals surface area contributed by atoms with Crippen LogP contribution in [0.1, 0.15) is 12.8 Å². The van der Waals surface area contributed by atoms with E-state index in [-0.39, 0.29) is 6.67 Å². The van der Waals surface area contributed by atoms with Gasteiger partial charge in [-0.1, -0.05) is 0 Å². The summed E-state index contributed by atoms with van der Waals surface area (Å²) in [7, 11) is 0. The number of alkyl halides is 1. The Hall–Kier alpha value is -0.150. The molecule has 3 N–H and O–H groups in total. The van der Waals surface area contributed by atoms with E-state index in [1.54, 1.807) is 0 Å². The molecular formula is C6H15FN2. The molecule has 0 aromatic carbocycles. The van der Waals surface area contributed by atoms with Gasteiger partial charge in [0.1, 0.15) is 0 Å². The first-order chi connectivity index (χ1) is 4.41. The van der Waals surface area contributed by atoms with Crippen molar-refractivity contribution >= 4 is 0 Å². The smallest absolute Gasteiger partial charge is 0.0894 e. The Labute approximate surface area is 55.6 Å². The normalized spacial score (nSPS) is 10.0. The molecule has 0 aromatic heterocycles. The van der Waals surface area contributed by atoms with Crippen molar-refractivity contribution in [3.63, 3.8) is 0 Å². The van der Waals surface area contributed by atoms with Gasteiger partial charge in [0.05, 0.1) is 6.67 Å². The fourth-order valence-corrected chi connectivity index (χ4v) is 0.572. The summed E-state index contributed by atoms with van der Waals surface area (Å²) in [5, 5.41) is 3.08. The van der Waals surface area contributed by atoms with E-state index in [0.29, 0.717) is 13.0 Å². The van der Waals surface area contributed by atoms with Crippen LogP contribution >= 0.6 is 0 Å². The fraction of sp³-hybridized carbons (Fsp3) is 1.00. The van der Waals surface area contributed by atoms with Crippen LogP contribution in [0, 0.1) is 0 Å². The topological polar surface area (TPSA) is 38.0 Å². The third kappa shape index (κ3) is 7.85. The van der Waals surface area contributed by atoms with Crippen molar-refractivity contribution in [3.05, 3.63) is 0 Å². The van der Waals surface area contributed by atoms with E-state index in [9.17, 15) is 4.39 Å². The maximum Gasteiger partial charge on any atom is 0.0894 e. The quantitative estimate of drug-likeness (QED) is 0.512. The van der Waals surface area contributed by atoms with E-state index in [1.165, 1.54) is 0 Å². The molecule has 0 saturated heterocycles. The molecule has 0 aromatic rings. The molecule has 0 aliphatic rings. The van der Waals surface area contributed by atoms with Crippen molar-refractivity contribution in [2.75, 3.05) is 26.3 Å². The van der Waals surface area contributed by atoms with Gasteiger partial charge in [0.25, 0.3) is 0 Å². The lowest BCUT2D eigenvalue weighted by Crippen LogP contribution is -2.23. The number of rotatable bonds is 6. The second-order valence-electron chi connectivity index (χ2n) is 1.93. The van der Waals surface area contributed by atoms with Gasteiger partial charge in [0, 0.05) is 13.1 Å². The Balaban J connectivity index is 2.60. The third-order valence-corrected chi connectivity index (χ3v) is 1.06. The van der Waals surface area contributed by atoms with Gasteiger partial charge in [0.2, 0.25) is 0 Å².